The quantitative estimate of drug-likeness (QED) is 0.189. The van der Waals surface area contributed by atoms with Gasteiger partial charge in [-0.25, -0.2) is 4.99 Å². The summed E-state index contributed by atoms with van der Waals surface area (Å²) in [5.74, 6) is 1.57. The summed E-state index contributed by atoms with van der Waals surface area (Å²) in [5, 5.41) is 3.78. The number of hydrogen-bond acceptors (Lipinski definition) is 2. The summed E-state index contributed by atoms with van der Waals surface area (Å²) in [4.78, 5) is 5.08. The maximum absolute atomic E-state index is 5.08. The van der Waals surface area contributed by atoms with Crippen molar-refractivity contribution in [2.24, 2.45) is 4.99 Å². The molecule has 1 N–H and O–H groups in total. The molecular weight excluding hydrogens is 677 g/mol. The lowest BCUT2D eigenvalue weighted by Gasteiger charge is -2.36. The number of fused-ring (bicyclic) bond motifs is 6. The molecule has 0 radical (unpaired) electrons. The minimum Gasteiger partial charge on any atom is -0.359 e. The molecule has 5 aliphatic carbocycles. The maximum atomic E-state index is 5.08. The zero-order valence-corrected chi connectivity index (χ0v) is 31.8. The van der Waals surface area contributed by atoms with Crippen molar-refractivity contribution in [2.45, 2.75) is 55.9 Å². The van der Waals surface area contributed by atoms with Gasteiger partial charge in [0.2, 0.25) is 0 Å². The lowest BCUT2D eigenvalue weighted by atomic mass is 9.66. The molecular formula is C54H44N2. The van der Waals surface area contributed by atoms with Crippen LogP contribution in [0.25, 0.3) is 16.8 Å². The first-order valence-corrected chi connectivity index (χ1v) is 20.0. The third-order valence-corrected chi connectivity index (χ3v) is 12.7. The van der Waals surface area contributed by atoms with Crippen LogP contribution in [-0.4, -0.2) is 11.9 Å². The van der Waals surface area contributed by atoms with Gasteiger partial charge in [-0.2, -0.15) is 0 Å². The van der Waals surface area contributed by atoms with Crippen LogP contribution in [0.15, 0.2) is 209 Å². The van der Waals surface area contributed by atoms with Gasteiger partial charge < -0.3 is 5.32 Å². The van der Waals surface area contributed by atoms with E-state index in [0.29, 0.717) is 5.92 Å². The van der Waals surface area contributed by atoms with E-state index in [1.165, 1.54) is 66.8 Å². The third-order valence-electron chi connectivity index (χ3n) is 12.7. The van der Waals surface area contributed by atoms with E-state index in [1.807, 2.05) is 18.2 Å². The molecule has 4 aromatic carbocycles. The molecule has 3 unspecified atom stereocenters. The highest BCUT2D eigenvalue weighted by molar-refractivity contribution is 6.03. The first-order valence-electron chi connectivity index (χ1n) is 20.0. The largest absolute Gasteiger partial charge is 0.359 e. The number of benzene rings is 3. The Bertz CT molecular complexity index is 2540. The fraction of sp³-hybridized carbons (Fsp3) is 0.167. The second kappa shape index (κ2) is 14.0. The van der Waals surface area contributed by atoms with E-state index < -0.39 is 0 Å². The first kappa shape index (κ1) is 34.1. The Balaban J connectivity index is 0.937. The Morgan fingerprint density at radius 1 is 0.893 bits per heavy atom. The third kappa shape index (κ3) is 5.53. The van der Waals surface area contributed by atoms with Crippen molar-refractivity contribution in [3.8, 4) is 11.1 Å². The molecule has 0 saturated heterocycles. The van der Waals surface area contributed by atoms with Crippen molar-refractivity contribution in [2.75, 3.05) is 0 Å². The monoisotopic (exact) mass is 720 g/mol. The Hall–Kier alpha value is -6.43. The number of aliphatic imine (C=N–C) groups is 1. The van der Waals surface area contributed by atoms with Crippen molar-refractivity contribution >= 4 is 11.5 Å². The lowest BCUT2D eigenvalue weighted by Crippen LogP contribution is -2.38. The Morgan fingerprint density at radius 3 is 2.39 bits per heavy atom. The smallest absolute Gasteiger partial charge is 0.130 e. The van der Waals surface area contributed by atoms with Crippen LogP contribution in [-0.2, 0) is 5.41 Å². The van der Waals surface area contributed by atoms with Gasteiger partial charge >= 0.3 is 0 Å². The molecule has 0 aromatic heterocycles. The van der Waals surface area contributed by atoms with E-state index >= 15 is 0 Å². The van der Waals surface area contributed by atoms with Crippen LogP contribution in [0.5, 0.6) is 0 Å². The summed E-state index contributed by atoms with van der Waals surface area (Å²) in [5.41, 5.74) is 18.2. The van der Waals surface area contributed by atoms with Crippen LogP contribution in [0.3, 0.4) is 0 Å². The van der Waals surface area contributed by atoms with Gasteiger partial charge in [0.15, 0.2) is 0 Å². The van der Waals surface area contributed by atoms with Crippen LogP contribution in [0.1, 0.15) is 72.3 Å². The topological polar surface area (TPSA) is 24.4 Å². The maximum Gasteiger partial charge on any atom is 0.130 e. The fourth-order valence-electron chi connectivity index (χ4n) is 10.0. The fourth-order valence-corrected chi connectivity index (χ4v) is 10.0. The van der Waals surface area contributed by atoms with Gasteiger partial charge in [-0.15, -0.1) is 0 Å². The molecule has 1 spiro atoms. The molecule has 270 valence electrons. The molecule has 0 bridgehead atoms. The van der Waals surface area contributed by atoms with E-state index in [0.717, 1.165) is 42.8 Å². The average molecular weight is 721 g/mol. The van der Waals surface area contributed by atoms with Crippen molar-refractivity contribution in [1.82, 2.24) is 5.32 Å². The van der Waals surface area contributed by atoms with E-state index in [4.69, 9.17) is 4.99 Å². The van der Waals surface area contributed by atoms with E-state index in [9.17, 15) is 0 Å². The van der Waals surface area contributed by atoms with E-state index in [-0.39, 0.29) is 17.4 Å². The van der Waals surface area contributed by atoms with Crippen LogP contribution in [0.2, 0.25) is 0 Å². The van der Waals surface area contributed by atoms with Crippen molar-refractivity contribution in [3.05, 3.63) is 244 Å². The summed E-state index contributed by atoms with van der Waals surface area (Å²) >= 11 is 0. The zero-order valence-electron chi connectivity index (χ0n) is 31.8. The number of amidine groups is 1. The Kier molecular flexibility index (Phi) is 8.53. The first-order chi connectivity index (χ1) is 27.6. The Labute approximate surface area is 331 Å². The second-order valence-corrected chi connectivity index (χ2v) is 15.6. The molecule has 56 heavy (non-hydrogen) atoms. The van der Waals surface area contributed by atoms with Gasteiger partial charge in [-0.3, -0.25) is 0 Å². The second-order valence-electron chi connectivity index (χ2n) is 15.6. The number of hydrogen-bond donors (Lipinski definition) is 1. The van der Waals surface area contributed by atoms with Gasteiger partial charge in [0, 0.05) is 17.4 Å². The SMILES string of the molecule is C=C/C=C\C1=C(C)C2(C3=C1C=CC(c1cccc(C4C=CC(C5C=C(c6cc#ccc6)N=C(C6=CC=CCC6)N5)=CC4)c1)C3)c1ccccc1-c1ccccc12. The van der Waals surface area contributed by atoms with Crippen LogP contribution in [0, 0.1) is 12.1 Å². The zero-order chi connectivity index (χ0) is 37.6. The molecule has 0 saturated carbocycles. The molecule has 0 fully saturated rings. The van der Waals surface area contributed by atoms with E-state index in [1.54, 1.807) is 0 Å². The molecule has 3 atom stereocenters. The predicted molar refractivity (Wildman–Crippen MR) is 232 cm³/mol. The minimum absolute atomic E-state index is 0.0414. The van der Waals surface area contributed by atoms with Gasteiger partial charge in [0.05, 0.1) is 17.2 Å². The lowest BCUT2D eigenvalue weighted by molar-refractivity contribution is 0.659. The highest BCUT2D eigenvalue weighted by atomic mass is 15.1. The molecule has 4 aromatic rings. The Morgan fingerprint density at radius 2 is 1.68 bits per heavy atom. The predicted octanol–water partition coefficient (Wildman–Crippen LogP) is 12.3. The summed E-state index contributed by atoms with van der Waals surface area (Å²) in [7, 11) is 0. The minimum atomic E-state index is -0.273. The average Bonchev–Trinajstić information content (AvgIpc) is 3.71. The van der Waals surface area contributed by atoms with Gasteiger partial charge in [0.25, 0.3) is 0 Å². The van der Waals surface area contributed by atoms with Crippen LogP contribution < -0.4 is 5.32 Å². The summed E-state index contributed by atoms with van der Waals surface area (Å²) < 4.78 is 0. The standard InChI is InChI=1S/C54H44N2/c1-3-4-22-44-36(2)54(48-25-13-11-23-45(48)46-24-12-14-26-49(46)54)50-34-43(31-32-47(44)50)42-21-15-20-41(33-42)37-27-29-39(30-28-37)52-35-51(38-16-7-5-8-17-38)55-53(56-52)40-18-9-6-10-19-40/h3-4,6-7,9,11-18,20-27,29-33,35,37,43,52H,1,10,19,28,34H2,2H3,(H,55,56)/b22-4-. The molecule has 1 aliphatic heterocycles. The van der Waals surface area contributed by atoms with Gasteiger partial charge in [0.1, 0.15) is 5.84 Å². The number of allylic oxidation sites excluding steroid dienone is 14. The summed E-state index contributed by atoms with van der Waals surface area (Å²) in [6, 6.07) is 39.7. The van der Waals surface area contributed by atoms with Crippen LogP contribution >= 0.6 is 0 Å². The number of nitrogens with zero attached hydrogens (tertiary/aromatic N) is 1. The number of nitrogens with one attached hydrogen (secondary N) is 1. The molecule has 0 amide bonds. The molecule has 2 heteroatoms. The van der Waals surface area contributed by atoms with Gasteiger partial charge in [-0.1, -0.05) is 158 Å². The van der Waals surface area contributed by atoms with E-state index in [2.05, 4.69) is 177 Å². The van der Waals surface area contributed by atoms with Crippen molar-refractivity contribution in [1.29, 1.82) is 0 Å². The van der Waals surface area contributed by atoms with Crippen LogP contribution in [0.4, 0.5) is 0 Å². The summed E-state index contributed by atoms with van der Waals surface area (Å²) in [6.45, 7) is 6.36. The molecule has 1 heterocycles. The van der Waals surface area contributed by atoms with Gasteiger partial charge in [-0.05, 0) is 124 Å². The molecule has 6 aliphatic rings. The summed E-state index contributed by atoms with van der Waals surface area (Å²) in [6.07, 6.45) is 31.1. The highest BCUT2D eigenvalue weighted by Crippen LogP contribution is 2.63. The highest BCUT2D eigenvalue weighted by Gasteiger charge is 2.52. The van der Waals surface area contributed by atoms with Crippen molar-refractivity contribution in [3.63, 3.8) is 0 Å². The molecule has 2 nitrogen and oxygen atoms in total. The number of rotatable bonds is 7. The molecule has 10 rings (SSSR count). The normalized spacial score (nSPS) is 22.8. The van der Waals surface area contributed by atoms with Crippen molar-refractivity contribution < 1.29 is 0 Å².